The molecule has 1 aromatic carbocycles. The Morgan fingerprint density at radius 3 is 2.64 bits per heavy atom. The molecule has 2 aromatic heterocycles. The first-order valence-electron chi connectivity index (χ1n) is 10.7. The maximum Gasteiger partial charge on any atom is 0.176 e. The highest BCUT2D eigenvalue weighted by Crippen LogP contribution is 2.25. The number of allylic oxidation sites excluding steroid dienone is 1. The second-order valence-electron chi connectivity index (χ2n) is 8.09. The Balaban J connectivity index is 1.76. The summed E-state index contributed by atoms with van der Waals surface area (Å²) >= 11 is 0. The highest BCUT2D eigenvalue weighted by Gasteiger charge is 2.20. The lowest BCUT2D eigenvalue weighted by atomic mass is 10.0. The van der Waals surface area contributed by atoms with Crippen molar-refractivity contribution in [2.24, 2.45) is 5.73 Å². The van der Waals surface area contributed by atoms with Crippen LogP contribution in [0.4, 0.5) is 0 Å². The van der Waals surface area contributed by atoms with E-state index in [0.717, 1.165) is 35.4 Å². The first-order valence-corrected chi connectivity index (χ1v) is 12.6. The summed E-state index contributed by atoms with van der Waals surface area (Å²) in [6, 6.07) is 16.5. The van der Waals surface area contributed by atoms with Crippen LogP contribution in [0.15, 0.2) is 65.7 Å². The number of pyridine rings is 2. The number of benzene rings is 1. The largest absolute Gasteiger partial charge is 0.396 e. The first-order chi connectivity index (χ1) is 15.8. The fourth-order valence-electron chi connectivity index (χ4n) is 3.64. The Morgan fingerprint density at radius 2 is 1.97 bits per heavy atom. The number of hydrogen-bond acceptors (Lipinski definition) is 6. The molecule has 0 bridgehead atoms. The fraction of sp³-hybridized carbons (Fsp3) is 0.240. The van der Waals surface area contributed by atoms with E-state index < -0.39 is 9.84 Å². The average molecular weight is 464 g/mol. The van der Waals surface area contributed by atoms with Gasteiger partial charge in [0.1, 0.15) is 6.61 Å². The van der Waals surface area contributed by atoms with E-state index in [-0.39, 0.29) is 10.9 Å². The molecular weight excluding hydrogens is 436 g/mol. The summed E-state index contributed by atoms with van der Waals surface area (Å²) in [5.41, 5.74) is 11.9. The zero-order valence-corrected chi connectivity index (χ0v) is 19.5. The molecular formula is C25H27N4O3S+. The van der Waals surface area contributed by atoms with E-state index in [0.29, 0.717) is 23.7 Å². The quantitative estimate of drug-likeness (QED) is 0.538. The topological polar surface area (TPSA) is 109 Å². The molecule has 1 aliphatic rings. The number of rotatable bonds is 6. The number of nitrogens with two attached hydrogens (primary N) is 1. The van der Waals surface area contributed by atoms with Crippen molar-refractivity contribution in [2.45, 2.75) is 24.3 Å². The van der Waals surface area contributed by atoms with Crippen molar-refractivity contribution in [3.05, 3.63) is 77.7 Å². The Morgan fingerprint density at radius 1 is 1.18 bits per heavy atom. The molecule has 3 aromatic rings. The van der Waals surface area contributed by atoms with E-state index in [1.54, 1.807) is 30.5 Å². The molecule has 3 N–H and O–H groups in total. The monoisotopic (exact) mass is 463 g/mol. The summed E-state index contributed by atoms with van der Waals surface area (Å²) in [6.07, 6.45) is 5.77. The number of aryl methyl sites for hydroxylation is 1. The molecule has 0 amide bonds. The van der Waals surface area contributed by atoms with Gasteiger partial charge in [-0.3, -0.25) is 9.97 Å². The van der Waals surface area contributed by atoms with E-state index in [4.69, 9.17) is 10.5 Å². The third-order valence-corrected chi connectivity index (χ3v) is 6.63. The molecule has 33 heavy (non-hydrogen) atoms. The van der Waals surface area contributed by atoms with E-state index in [1.807, 2.05) is 43.5 Å². The van der Waals surface area contributed by atoms with Gasteiger partial charge in [0.05, 0.1) is 34.2 Å². The number of sulfone groups is 1. The van der Waals surface area contributed by atoms with Crippen molar-refractivity contribution in [2.75, 3.05) is 19.5 Å². The van der Waals surface area contributed by atoms with Crippen molar-refractivity contribution in [1.82, 2.24) is 9.97 Å². The maximum absolute atomic E-state index is 11.8. The molecule has 0 unspecified atom stereocenters. The molecule has 8 heteroatoms. The predicted molar refractivity (Wildman–Crippen MR) is 129 cm³/mol. The number of ether oxygens (including phenoxy) is 1. The molecule has 1 aliphatic heterocycles. The van der Waals surface area contributed by atoms with Gasteiger partial charge in [-0.25, -0.2) is 13.4 Å². The summed E-state index contributed by atoms with van der Waals surface area (Å²) in [7, 11) is -3.26. The molecule has 0 aliphatic carbocycles. The highest BCUT2D eigenvalue weighted by molar-refractivity contribution is 7.90. The van der Waals surface area contributed by atoms with Crippen LogP contribution >= 0.6 is 0 Å². The molecule has 1 saturated heterocycles. The highest BCUT2D eigenvalue weighted by atomic mass is 32.2. The van der Waals surface area contributed by atoms with E-state index in [1.165, 1.54) is 6.26 Å². The van der Waals surface area contributed by atoms with Gasteiger partial charge in [0.25, 0.3) is 0 Å². The maximum atomic E-state index is 11.8. The third-order valence-electron chi connectivity index (χ3n) is 5.50. The Hall–Kier alpha value is -3.36. The zero-order chi connectivity index (χ0) is 23.4. The van der Waals surface area contributed by atoms with Gasteiger partial charge < -0.3 is 10.5 Å². The molecule has 0 radical (unpaired) electrons. The normalized spacial score (nSPS) is 17.3. The fourth-order valence-corrected chi connectivity index (χ4v) is 4.27. The van der Waals surface area contributed by atoms with Crippen molar-refractivity contribution < 1.29 is 18.1 Å². The van der Waals surface area contributed by atoms with Gasteiger partial charge in [-0.1, -0.05) is 18.2 Å². The minimum atomic E-state index is -3.26. The van der Waals surface area contributed by atoms with Crippen LogP contribution in [-0.2, 0) is 14.6 Å². The number of nitrogens with one attached hydrogen (secondary N) is 1. The lowest BCUT2D eigenvalue weighted by Crippen LogP contribution is -2.76. The van der Waals surface area contributed by atoms with Crippen LogP contribution in [0, 0.1) is 6.92 Å². The Bertz CT molecular complexity index is 1310. The summed E-state index contributed by atoms with van der Waals surface area (Å²) in [5.74, 6) is 0. The first kappa shape index (κ1) is 22.8. The minimum Gasteiger partial charge on any atom is -0.396 e. The zero-order valence-electron chi connectivity index (χ0n) is 18.7. The summed E-state index contributed by atoms with van der Waals surface area (Å²) < 4.78 is 29.0. The van der Waals surface area contributed by atoms with E-state index in [2.05, 4.69) is 15.0 Å². The summed E-state index contributed by atoms with van der Waals surface area (Å²) in [5, 5.41) is 0. The molecule has 3 heterocycles. The molecule has 7 nitrogen and oxygen atoms in total. The van der Waals surface area contributed by atoms with Gasteiger partial charge in [-0.2, -0.15) is 0 Å². The van der Waals surface area contributed by atoms with Gasteiger partial charge >= 0.3 is 0 Å². The number of nitrogens with zero attached hydrogens (tertiary/aromatic N) is 2. The number of hydrogen-bond donors (Lipinski definition) is 2. The van der Waals surface area contributed by atoms with E-state index >= 15 is 0 Å². The lowest BCUT2D eigenvalue weighted by Gasteiger charge is -2.10. The molecule has 1 fully saturated rings. The Kier molecular flexibility index (Phi) is 6.67. The minimum absolute atomic E-state index is 0.225. The predicted octanol–water partition coefficient (Wildman–Crippen LogP) is 1.62. The Labute approximate surface area is 194 Å². The van der Waals surface area contributed by atoms with Gasteiger partial charge in [0.15, 0.2) is 22.1 Å². The lowest BCUT2D eigenvalue weighted by molar-refractivity contribution is -0.494. The van der Waals surface area contributed by atoms with Gasteiger partial charge in [-0.15, -0.1) is 0 Å². The molecule has 170 valence electrons. The molecule has 4 rings (SSSR count). The third kappa shape index (κ3) is 5.53. The SMILES string of the molecule is Cc1cccc(C(N)=C(C=[NH+][C@@H]2CCOC2)c2ccnc(-c3ccc(S(C)(=O)=O)cc3)c2)n1. The number of aromatic nitrogens is 2. The standard InChI is InChI=1S/C25H26N4O3S/c1-17-4-3-5-23(29-17)25(26)22(15-28-20-11-13-32-16-20)19-10-12-27-24(14-19)18-6-8-21(9-7-18)33(2,30)31/h3-10,12,14-15,20H,11,13,16,26H2,1-2H3/p+1/t20-/m1/s1. The molecule has 1 atom stereocenters. The van der Waals surface area contributed by atoms with Crippen LogP contribution in [0.1, 0.15) is 23.4 Å². The van der Waals surface area contributed by atoms with Crippen molar-refractivity contribution >= 4 is 27.3 Å². The van der Waals surface area contributed by atoms with Crippen molar-refractivity contribution in [3.63, 3.8) is 0 Å². The summed E-state index contributed by atoms with van der Waals surface area (Å²) in [6.45, 7) is 3.32. The van der Waals surface area contributed by atoms with Gasteiger partial charge in [0, 0.05) is 30.1 Å². The molecule has 0 saturated carbocycles. The molecule has 0 spiro atoms. The summed E-state index contributed by atoms with van der Waals surface area (Å²) in [4.78, 5) is 12.8. The van der Waals surface area contributed by atoms with Crippen LogP contribution in [0.5, 0.6) is 0 Å². The second-order valence-corrected chi connectivity index (χ2v) is 10.1. The smallest absolute Gasteiger partial charge is 0.176 e. The van der Waals surface area contributed by atoms with Crippen LogP contribution in [0.3, 0.4) is 0 Å². The van der Waals surface area contributed by atoms with Crippen molar-refractivity contribution in [1.29, 1.82) is 0 Å². The second kappa shape index (κ2) is 9.64. The van der Waals surface area contributed by atoms with Gasteiger partial charge in [-0.05, 0) is 48.9 Å². The average Bonchev–Trinajstić information content (AvgIpc) is 3.32. The van der Waals surface area contributed by atoms with E-state index in [9.17, 15) is 8.42 Å². The van der Waals surface area contributed by atoms with Crippen molar-refractivity contribution in [3.8, 4) is 11.3 Å². The van der Waals surface area contributed by atoms with Crippen LogP contribution < -0.4 is 10.7 Å². The van der Waals surface area contributed by atoms with Crippen LogP contribution in [0.25, 0.3) is 22.5 Å². The van der Waals surface area contributed by atoms with Crippen LogP contribution in [0.2, 0.25) is 0 Å². The van der Waals surface area contributed by atoms with Crippen LogP contribution in [-0.4, -0.2) is 50.1 Å². The van der Waals surface area contributed by atoms with Gasteiger partial charge in [0.2, 0.25) is 0 Å².